The van der Waals surface area contributed by atoms with E-state index in [1.807, 2.05) is 12.4 Å². The monoisotopic (exact) mass is 335 g/mol. The molecule has 0 unspecified atom stereocenters. The molecule has 1 N–H and O–H groups in total. The van der Waals surface area contributed by atoms with Gasteiger partial charge in [-0.2, -0.15) is 0 Å². The second kappa shape index (κ2) is 5.87. The van der Waals surface area contributed by atoms with E-state index in [2.05, 4.69) is 49.9 Å². The molecular weight excluding hydrogens is 318 g/mol. The minimum atomic E-state index is 0.772. The molecule has 2 heterocycles. The molecule has 5 heteroatoms. The van der Waals surface area contributed by atoms with Gasteiger partial charge in [0.2, 0.25) is 5.95 Å². The van der Waals surface area contributed by atoms with Gasteiger partial charge in [-0.15, -0.1) is 0 Å². The van der Waals surface area contributed by atoms with Crippen molar-refractivity contribution in [2.24, 2.45) is 0 Å². The smallest absolute Gasteiger partial charge is 0.203 e. The quantitative estimate of drug-likeness (QED) is 0.909. The molecule has 0 aliphatic carbocycles. The Bertz CT molecular complexity index is 609. The third-order valence-corrected chi connectivity index (χ3v) is 3.87. The highest BCUT2D eigenvalue weighted by Gasteiger charge is 2.18. The summed E-state index contributed by atoms with van der Waals surface area (Å²) in [5, 5.41) is 3.34. The van der Waals surface area contributed by atoms with Crippen LogP contribution in [-0.4, -0.2) is 22.7 Å². The molecule has 0 bridgehead atoms. The lowest BCUT2D eigenvalue weighted by Gasteiger charge is -2.12. The first-order valence-electron chi connectivity index (χ1n) is 6.97. The predicted molar refractivity (Wildman–Crippen MR) is 83.5 cm³/mol. The molecule has 4 nitrogen and oxygen atoms in total. The van der Waals surface area contributed by atoms with E-state index in [9.17, 15) is 0 Å². The van der Waals surface area contributed by atoms with Gasteiger partial charge >= 0.3 is 0 Å². The topological polar surface area (TPSA) is 39.1 Å². The largest absolute Gasteiger partial charge is 0.493 e. The standard InChI is InChI=1S/C15H18BrN3O/c1-2-4-17-15-18-5-6-19(15)10-12-9-13(16)8-11-3-7-20-14(11)12/h5-6,8-9H,2-4,7,10H2,1H3,(H,17,18). The molecule has 0 saturated heterocycles. The van der Waals surface area contributed by atoms with Gasteiger partial charge in [-0.25, -0.2) is 4.98 Å². The molecule has 0 spiro atoms. The van der Waals surface area contributed by atoms with Crippen LogP contribution in [0.5, 0.6) is 5.75 Å². The number of hydrogen-bond donors (Lipinski definition) is 1. The van der Waals surface area contributed by atoms with Crippen LogP contribution in [0.25, 0.3) is 0 Å². The molecule has 0 fully saturated rings. The minimum absolute atomic E-state index is 0.772. The maximum absolute atomic E-state index is 5.78. The molecule has 1 aliphatic heterocycles. The van der Waals surface area contributed by atoms with E-state index >= 15 is 0 Å². The van der Waals surface area contributed by atoms with Gasteiger partial charge in [-0.3, -0.25) is 0 Å². The Labute approximate surface area is 127 Å². The van der Waals surface area contributed by atoms with E-state index < -0.39 is 0 Å². The molecule has 1 aromatic carbocycles. The number of fused-ring (bicyclic) bond motifs is 1. The van der Waals surface area contributed by atoms with Crippen molar-refractivity contribution in [2.75, 3.05) is 18.5 Å². The average molecular weight is 336 g/mol. The third-order valence-electron chi connectivity index (χ3n) is 3.41. The van der Waals surface area contributed by atoms with Crippen molar-refractivity contribution in [3.05, 3.63) is 40.1 Å². The molecule has 0 radical (unpaired) electrons. The second-order valence-corrected chi connectivity index (χ2v) is 5.87. The Morgan fingerprint density at radius 3 is 3.20 bits per heavy atom. The van der Waals surface area contributed by atoms with Crippen molar-refractivity contribution >= 4 is 21.9 Å². The fraction of sp³-hybridized carbons (Fsp3) is 0.400. The molecule has 0 saturated carbocycles. The third kappa shape index (κ3) is 2.68. The number of aromatic nitrogens is 2. The van der Waals surface area contributed by atoms with Gasteiger partial charge < -0.3 is 14.6 Å². The fourth-order valence-electron chi connectivity index (χ4n) is 2.49. The second-order valence-electron chi connectivity index (χ2n) is 4.96. The van der Waals surface area contributed by atoms with E-state index in [4.69, 9.17) is 4.74 Å². The van der Waals surface area contributed by atoms with Crippen LogP contribution in [0, 0.1) is 0 Å². The molecule has 1 aliphatic rings. The van der Waals surface area contributed by atoms with Crippen LogP contribution in [-0.2, 0) is 13.0 Å². The summed E-state index contributed by atoms with van der Waals surface area (Å²) in [7, 11) is 0. The van der Waals surface area contributed by atoms with Gasteiger partial charge in [-0.1, -0.05) is 22.9 Å². The predicted octanol–water partition coefficient (Wildman–Crippen LogP) is 3.45. The van der Waals surface area contributed by atoms with Gasteiger partial charge in [0.15, 0.2) is 0 Å². The van der Waals surface area contributed by atoms with Crippen LogP contribution < -0.4 is 10.1 Å². The van der Waals surface area contributed by atoms with Crippen molar-refractivity contribution in [1.82, 2.24) is 9.55 Å². The first-order chi connectivity index (χ1) is 9.78. The zero-order valence-electron chi connectivity index (χ0n) is 11.5. The molecule has 0 amide bonds. The highest BCUT2D eigenvalue weighted by molar-refractivity contribution is 9.10. The molecule has 3 rings (SSSR count). The lowest BCUT2D eigenvalue weighted by molar-refractivity contribution is 0.352. The fourth-order valence-corrected chi connectivity index (χ4v) is 3.04. The Morgan fingerprint density at radius 2 is 2.35 bits per heavy atom. The van der Waals surface area contributed by atoms with E-state index in [1.165, 1.54) is 11.1 Å². The summed E-state index contributed by atoms with van der Waals surface area (Å²) in [6.45, 7) is 4.64. The van der Waals surface area contributed by atoms with E-state index in [0.29, 0.717) is 0 Å². The first kappa shape index (κ1) is 13.5. The van der Waals surface area contributed by atoms with Crippen molar-refractivity contribution in [1.29, 1.82) is 0 Å². The number of nitrogens with zero attached hydrogens (tertiary/aromatic N) is 2. The molecule has 20 heavy (non-hydrogen) atoms. The lowest BCUT2D eigenvalue weighted by Crippen LogP contribution is -2.09. The van der Waals surface area contributed by atoms with Crippen LogP contribution in [0.3, 0.4) is 0 Å². The number of imidazole rings is 1. The van der Waals surface area contributed by atoms with Crippen LogP contribution >= 0.6 is 15.9 Å². The number of benzene rings is 1. The van der Waals surface area contributed by atoms with Gasteiger partial charge in [0.1, 0.15) is 5.75 Å². The summed E-state index contributed by atoms with van der Waals surface area (Å²) in [6, 6.07) is 4.28. The first-order valence-corrected chi connectivity index (χ1v) is 7.76. The summed E-state index contributed by atoms with van der Waals surface area (Å²) in [5.41, 5.74) is 2.49. The Balaban J connectivity index is 1.87. The molecule has 2 aromatic rings. The molecule has 1 aromatic heterocycles. The van der Waals surface area contributed by atoms with Crippen LogP contribution in [0.1, 0.15) is 24.5 Å². The lowest BCUT2D eigenvalue weighted by atomic mass is 10.1. The number of rotatable bonds is 5. The van der Waals surface area contributed by atoms with Gasteiger partial charge in [0, 0.05) is 35.4 Å². The zero-order valence-corrected chi connectivity index (χ0v) is 13.1. The Kier molecular flexibility index (Phi) is 3.96. The van der Waals surface area contributed by atoms with E-state index in [-0.39, 0.29) is 0 Å². The van der Waals surface area contributed by atoms with Crippen LogP contribution in [0.4, 0.5) is 5.95 Å². The SMILES string of the molecule is CCCNc1nccn1Cc1cc(Br)cc2c1OCC2. The van der Waals surface area contributed by atoms with Crippen molar-refractivity contribution in [2.45, 2.75) is 26.3 Å². The summed E-state index contributed by atoms with van der Waals surface area (Å²) < 4.78 is 9.01. The van der Waals surface area contributed by atoms with Crippen LogP contribution in [0.15, 0.2) is 29.0 Å². The van der Waals surface area contributed by atoms with Crippen LogP contribution in [0.2, 0.25) is 0 Å². The van der Waals surface area contributed by atoms with E-state index in [1.54, 1.807) is 0 Å². The normalized spacial score (nSPS) is 13.1. The zero-order chi connectivity index (χ0) is 13.9. The van der Waals surface area contributed by atoms with Crippen molar-refractivity contribution < 1.29 is 4.74 Å². The highest BCUT2D eigenvalue weighted by atomic mass is 79.9. The maximum atomic E-state index is 5.78. The summed E-state index contributed by atoms with van der Waals surface area (Å²) in [4.78, 5) is 4.37. The van der Waals surface area contributed by atoms with Crippen molar-refractivity contribution in [3.8, 4) is 5.75 Å². The van der Waals surface area contributed by atoms with Gasteiger partial charge in [-0.05, 0) is 24.1 Å². The van der Waals surface area contributed by atoms with Crippen molar-refractivity contribution in [3.63, 3.8) is 0 Å². The number of anilines is 1. The molecule has 106 valence electrons. The maximum Gasteiger partial charge on any atom is 0.203 e. The number of hydrogen-bond acceptors (Lipinski definition) is 3. The van der Waals surface area contributed by atoms with E-state index in [0.717, 1.165) is 48.7 Å². The summed E-state index contributed by atoms with van der Waals surface area (Å²) in [5.74, 6) is 1.96. The van der Waals surface area contributed by atoms with Gasteiger partial charge in [0.25, 0.3) is 0 Å². The Morgan fingerprint density at radius 1 is 1.45 bits per heavy atom. The molecular formula is C15H18BrN3O. The number of nitrogens with one attached hydrogen (secondary N) is 1. The summed E-state index contributed by atoms with van der Waals surface area (Å²) in [6.07, 6.45) is 5.91. The summed E-state index contributed by atoms with van der Waals surface area (Å²) >= 11 is 3.58. The number of ether oxygens (including phenoxy) is 1. The Hall–Kier alpha value is -1.49. The number of halogens is 1. The minimum Gasteiger partial charge on any atom is -0.493 e. The highest BCUT2D eigenvalue weighted by Crippen LogP contribution is 2.33. The van der Waals surface area contributed by atoms with Gasteiger partial charge in [0.05, 0.1) is 13.2 Å². The molecule has 0 atom stereocenters. The average Bonchev–Trinajstić information content (AvgIpc) is 3.05.